The Balaban J connectivity index is 1.88. The highest BCUT2D eigenvalue weighted by Crippen LogP contribution is 2.06. The molecule has 1 aromatic rings. The number of ether oxygens (including phenoxy) is 2. The Morgan fingerprint density at radius 3 is 2.88 bits per heavy atom. The second-order valence-electron chi connectivity index (χ2n) is 4.11. The molecule has 0 aliphatic rings. The molecule has 3 nitrogen and oxygen atoms in total. The maximum atomic E-state index is 5.53. The molecular weight excluding hydrogens is 214 g/mol. The first-order valence-corrected chi connectivity index (χ1v) is 6.20. The molecule has 3 heteroatoms. The molecule has 0 fully saturated rings. The summed E-state index contributed by atoms with van der Waals surface area (Å²) in [5, 5.41) is 3.31. The Hall–Kier alpha value is -1.06. The zero-order valence-electron chi connectivity index (χ0n) is 10.7. The first kappa shape index (κ1) is 14.0. The van der Waals surface area contributed by atoms with E-state index in [1.807, 2.05) is 24.3 Å². The van der Waals surface area contributed by atoms with Crippen molar-refractivity contribution in [3.05, 3.63) is 30.3 Å². The van der Waals surface area contributed by atoms with Crippen LogP contribution in [0, 0.1) is 6.07 Å². The van der Waals surface area contributed by atoms with Gasteiger partial charge in [-0.05, 0) is 45.0 Å². The van der Waals surface area contributed by atoms with Crippen LogP contribution in [0.2, 0.25) is 0 Å². The topological polar surface area (TPSA) is 30.5 Å². The van der Waals surface area contributed by atoms with Crippen molar-refractivity contribution in [1.82, 2.24) is 5.32 Å². The molecule has 0 saturated carbocycles. The highest BCUT2D eigenvalue weighted by molar-refractivity contribution is 5.19. The standard InChI is InChI=1S/C14H22NO2/c1-13(2)16-11-6-9-15-10-12-17-14-7-4-3-5-8-14/h3-4,7-8,13,15H,6,9-12H2,1-2H3. The summed E-state index contributed by atoms with van der Waals surface area (Å²) in [5.74, 6) is 0.873. The molecule has 0 bridgehead atoms. The summed E-state index contributed by atoms with van der Waals surface area (Å²) in [7, 11) is 0. The smallest absolute Gasteiger partial charge is 0.119 e. The van der Waals surface area contributed by atoms with E-state index < -0.39 is 0 Å². The van der Waals surface area contributed by atoms with Crippen LogP contribution in [0.4, 0.5) is 0 Å². The van der Waals surface area contributed by atoms with E-state index in [9.17, 15) is 0 Å². The second kappa shape index (κ2) is 9.02. The molecule has 0 amide bonds. The maximum Gasteiger partial charge on any atom is 0.119 e. The van der Waals surface area contributed by atoms with Crippen LogP contribution < -0.4 is 10.1 Å². The lowest BCUT2D eigenvalue weighted by Crippen LogP contribution is -2.23. The molecular formula is C14H22NO2. The van der Waals surface area contributed by atoms with Gasteiger partial charge >= 0.3 is 0 Å². The highest BCUT2D eigenvalue weighted by atomic mass is 16.5. The van der Waals surface area contributed by atoms with Gasteiger partial charge in [-0.3, -0.25) is 0 Å². The van der Waals surface area contributed by atoms with E-state index in [1.165, 1.54) is 0 Å². The SMILES string of the molecule is CC(C)OCCCNCCOc1c[c]ccc1. The van der Waals surface area contributed by atoms with Gasteiger partial charge in [0.15, 0.2) is 0 Å². The van der Waals surface area contributed by atoms with Gasteiger partial charge in [0, 0.05) is 13.2 Å². The summed E-state index contributed by atoms with van der Waals surface area (Å²) < 4.78 is 11.0. The average molecular weight is 236 g/mol. The first-order chi connectivity index (χ1) is 8.29. The lowest BCUT2D eigenvalue weighted by molar-refractivity contribution is 0.0770. The van der Waals surface area contributed by atoms with Gasteiger partial charge in [-0.2, -0.15) is 0 Å². The molecule has 0 aromatic heterocycles. The highest BCUT2D eigenvalue weighted by Gasteiger charge is 1.94. The van der Waals surface area contributed by atoms with E-state index in [1.54, 1.807) is 0 Å². The molecule has 17 heavy (non-hydrogen) atoms. The molecule has 1 aromatic carbocycles. The van der Waals surface area contributed by atoms with Gasteiger partial charge in [-0.25, -0.2) is 0 Å². The lowest BCUT2D eigenvalue weighted by atomic mass is 10.3. The predicted molar refractivity (Wildman–Crippen MR) is 69.3 cm³/mol. The molecule has 0 atom stereocenters. The zero-order valence-corrected chi connectivity index (χ0v) is 10.7. The zero-order chi connectivity index (χ0) is 12.3. The molecule has 95 valence electrons. The first-order valence-electron chi connectivity index (χ1n) is 6.20. The Kier molecular flexibility index (Phi) is 7.43. The van der Waals surface area contributed by atoms with Crippen LogP contribution in [0.25, 0.3) is 0 Å². The van der Waals surface area contributed by atoms with E-state index in [0.717, 1.165) is 31.9 Å². The van der Waals surface area contributed by atoms with Crippen molar-refractivity contribution in [2.24, 2.45) is 0 Å². The lowest BCUT2D eigenvalue weighted by Gasteiger charge is -2.09. The Bertz CT molecular complexity index is 275. The molecule has 0 aliphatic heterocycles. The van der Waals surface area contributed by atoms with E-state index >= 15 is 0 Å². The van der Waals surface area contributed by atoms with Crippen LogP contribution in [0.15, 0.2) is 24.3 Å². The summed E-state index contributed by atoms with van der Waals surface area (Å²) in [5.41, 5.74) is 0. The number of nitrogens with one attached hydrogen (secondary N) is 1. The van der Waals surface area contributed by atoms with E-state index in [2.05, 4.69) is 25.2 Å². The third kappa shape index (κ3) is 7.77. The minimum Gasteiger partial charge on any atom is -0.492 e. The monoisotopic (exact) mass is 236 g/mol. The minimum absolute atomic E-state index is 0.327. The van der Waals surface area contributed by atoms with Crippen LogP contribution in [0.1, 0.15) is 20.3 Å². The summed E-state index contributed by atoms with van der Waals surface area (Å²) in [6.45, 7) is 7.44. The third-order valence-electron chi connectivity index (χ3n) is 2.18. The molecule has 1 N–H and O–H groups in total. The van der Waals surface area contributed by atoms with Gasteiger partial charge < -0.3 is 14.8 Å². The van der Waals surface area contributed by atoms with Crippen LogP contribution in [0.5, 0.6) is 5.75 Å². The molecule has 0 spiro atoms. The molecule has 0 unspecified atom stereocenters. The summed E-state index contributed by atoms with van der Waals surface area (Å²) >= 11 is 0. The number of rotatable bonds is 9. The molecule has 0 aliphatic carbocycles. The fraction of sp³-hybridized carbons (Fsp3) is 0.571. The van der Waals surface area contributed by atoms with E-state index in [0.29, 0.717) is 12.7 Å². The average Bonchev–Trinajstić information content (AvgIpc) is 2.33. The Labute approximate surface area is 104 Å². The van der Waals surface area contributed by atoms with Crippen LogP contribution >= 0.6 is 0 Å². The van der Waals surface area contributed by atoms with Crippen molar-refractivity contribution >= 4 is 0 Å². The number of hydrogen-bond acceptors (Lipinski definition) is 3. The van der Waals surface area contributed by atoms with Gasteiger partial charge in [0.05, 0.1) is 6.10 Å². The third-order valence-corrected chi connectivity index (χ3v) is 2.18. The van der Waals surface area contributed by atoms with Gasteiger partial charge in [-0.15, -0.1) is 0 Å². The van der Waals surface area contributed by atoms with Gasteiger partial charge in [0.2, 0.25) is 0 Å². The largest absolute Gasteiger partial charge is 0.492 e. The van der Waals surface area contributed by atoms with Crippen molar-refractivity contribution in [1.29, 1.82) is 0 Å². The van der Waals surface area contributed by atoms with Crippen molar-refractivity contribution in [3.63, 3.8) is 0 Å². The Morgan fingerprint density at radius 1 is 1.29 bits per heavy atom. The van der Waals surface area contributed by atoms with Crippen LogP contribution in [-0.4, -0.2) is 32.4 Å². The van der Waals surface area contributed by atoms with Crippen molar-refractivity contribution in [3.8, 4) is 5.75 Å². The van der Waals surface area contributed by atoms with Gasteiger partial charge in [0.25, 0.3) is 0 Å². The fourth-order valence-corrected chi connectivity index (χ4v) is 1.35. The summed E-state index contributed by atoms with van der Waals surface area (Å²) in [6, 6.07) is 10.5. The van der Waals surface area contributed by atoms with E-state index in [4.69, 9.17) is 9.47 Å². The number of hydrogen-bond donors (Lipinski definition) is 1. The molecule has 1 radical (unpaired) electrons. The second-order valence-corrected chi connectivity index (χ2v) is 4.11. The van der Waals surface area contributed by atoms with Crippen molar-refractivity contribution < 1.29 is 9.47 Å². The summed E-state index contributed by atoms with van der Waals surface area (Å²) in [4.78, 5) is 0. The van der Waals surface area contributed by atoms with Gasteiger partial charge in [0.1, 0.15) is 12.4 Å². The normalized spacial score (nSPS) is 10.8. The maximum absolute atomic E-state index is 5.53. The van der Waals surface area contributed by atoms with Gasteiger partial charge in [-0.1, -0.05) is 12.1 Å². The van der Waals surface area contributed by atoms with E-state index in [-0.39, 0.29) is 0 Å². The number of benzene rings is 1. The minimum atomic E-state index is 0.327. The summed E-state index contributed by atoms with van der Waals surface area (Å²) in [6.07, 6.45) is 1.37. The van der Waals surface area contributed by atoms with Crippen LogP contribution in [-0.2, 0) is 4.74 Å². The Morgan fingerprint density at radius 2 is 2.18 bits per heavy atom. The van der Waals surface area contributed by atoms with Crippen molar-refractivity contribution in [2.45, 2.75) is 26.4 Å². The molecule has 0 saturated heterocycles. The predicted octanol–water partition coefficient (Wildman–Crippen LogP) is 2.27. The molecule has 0 heterocycles. The van der Waals surface area contributed by atoms with Crippen molar-refractivity contribution in [2.75, 3.05) is 26.3 Å². The van der Waals surface area contributed by atoms with Crippen LogP contribution in [0.3, 0.4) is 0 Å². The fourth-order valence-electron chi connectivity index (χ4n) is 1.35. The quantitative estimate of drug-likeness (QED) is 0.667. The molecule has 1 rings (SSSR count).